The normalized spacial score (nSPS) is 15.8. The van der Waals surface area contributed by atoms with Crippen LogP contribution in [0.1, 0.15) is 28.8 Å². The van der Waals surface area contributed by atoms with Gasteiger partial charge in [0.25, 0.3) is 5.91 Å². The lowest BCUT2D eigenvalue weighted by molar-refractivity contribution is 0.0647. The number of piperidine rings is 1. The maximum atomic E-state index is 12.9. The summed E-state index contributed by atoms with van der Waals surface area (Å²) in [5, 5.41) is 6.70. The number of nitrogens with zero attached hydrogens (tertiary/aromatic N) is 4. The highest BCUT2D eigenvalue weighted by atomic mass is 32.2. The summed E-state index contributed by atoms with van der Waals surface area (Å²) in [4.78, 5) is 22.3. The Hall–Kier alpha value is -2.84. The number of amides is 1. The van der Waals surface area contributed by atoms with E-state index in [9.17, 15) is 9.00 Å². The fourth-order valence-corrected chi connectivity index (χ4v) is 4.66. The van der Waals surface area contributed by atoms with Crippen molar-refractivity contribution in [2.45, 2.75) is 30.2 Å². The van der Waals surface area contributed by atoms with Crippen molar-refractivity contribution in [1.82, 2.24) is 25.0 Å². The third-order valence-corrected chi connectivity index (χ3v) is 7.14. The van der Waals surface area contributed by atoms with Gasteiger partial charge in [-0.15, -0.1) is 0 Å². The van der Waals surface area contributed by atoms with Gasteiger partial charge in [0.1, 0.15) is 6.33 Å². The Balaban J connectivity index is 1.26. The zero-order valence-electron chi connectivity index (χ0n) is 18.5. The monoisotopic (exact) mass is 451 g/mol. The Morgan fingerprint density at radius 1 is 1.12 bits per heavy atom. The molecule has 0 radical (unpaired) electrons. The molecule has 1 N–H and O–H groups in total. The lowest BCUT2D eigenvalue weighted by Crippen LogP contribution is -2.46. The van der Waals surface area contributed by atoms with Crippen LogP contribution in [-0.4, -0.2) is 74.1 Å². The van der Waals surface area contributed by atoms with Crippen LogP contribution in [0.25, 0.3) is 11.4 Å². The van der Waals surface area contributed by atoms with E-state index in [4.69, 9.17) is 0 Å². The van der Waals surface area contributed by atoms with Crippen LogP contribution in [-0.2, 0) is 17.2 Å². The Bertz CT molecular complexity index is 1040. The number of hydrogen-bond donors (Lipinski definition) is 1. The van der Waals surface area contributed by atoms with E-state index in [1.807, 2.05) is 41.3 Å². The predicted molar refractivity (Wildman–Crippen MR) is 126 cm³/mol. The van der Waals surface area contributed by atoms with Crippen LogP contribution in [0.2, 0.25) is 0 Å². The first-order valence-electron chi connectivity index (χ1n) is 10.9. The average molecular weight is 452 g/mol. The number of carbonyl (C=O) groups excluding carboxylic acids is 1. The standard InChI is InChI=1S/C24H29N5O2S/c1-28(14-11-18-3-9-22(10-4-18)32(2)31)21-12-15-29(16-13-21)24(30)20-7-5-19(6-8-20)23-25-17-26-27-23/h3-10,17,21H,11-16H2,1-2H3,(H,25,26,27). The topological polar surface area (TPSA) is 82.2 Å². The molecule has 32 heavy (non-hydrogen) atoms. The van der Waals surface area contributed by atoms with Crippen molar-refractivity contribution in [3.05, 3.63) is 66.0 Å². The molecule has 1 aliphatic rings. The molecule has 2 aromatic carbocycles. The van der Waals surface area contributed by atoms with Gasteiger partial charge in [-0.25, -0.2) is 4.98 Å². The van der Waals surface area contributed by atoms with E-state index in [0.717, 1.165) is 49.4 Å². The second-order valence-electron chi connectivity index (χ2n) is 8.26. The molecular weight excluding hydrogens is 422 g/mol. The highest BCUT2D eigenvalue weighted by Crippen LogP contribution is 2.20. The molecule has 0 spiro atoms. The molecule has 1 fully saturated rings. The highest BCUT2D eigenvalue weighted by Gasteiger charge is 2.25. The van der Waals surface area contributed by atoms with Gasteiger partial charge < -0.3 is 9.80 Å². The van der Waals surface area contributed by atoms with E-state index in [2.05, 4.69) is 39.3 Å². The molecule has 1 aliphatic heterocycles. The van der Waals surface area contributed by atoms with E-state index < -0.39 is 10.8 Å². The van der Waals surface area contributed by atoms with Crippen molar-refractivity contribution >= 4 is 16.7 Å². The summed E-state index contributed by atoms with van der Waals surface area (Å²) >= 11 is 0. The second kappa shape index (κ2) is 10.2. The minimum atomic E-state index is -0.933. The Morgan fingerprint density at radius 2 is 1.81 bits per heavy atom. The van der Waals surface area contributed by atoms with E-state index in [0.29, 0.717) is 17.4 Å². The van der Waals surface area contributed by atoms with Crippen molar-refractivity contribution in [3.63, 3.8) is 0 Å². The van der Waals surface area contributed by atoms with Gasteiger partial charge in [0.15, 0.2) is 5.82 Å². The fourth-order valence-electron chi connectivity index (χ4n) is 4.14. The van der Waals surface area contributed by atoms with Crippen LogP contribution < -0.4 is 0 Å². The maximum absolute atomic E-state index is 12.9. The number of hydrogen-bond acceptors (Lipinski definition) is 5. The molecule has 4 rings (SSSR count). The lowest BCUT2D eigenvalue weighted by Gasteiger charge is -2.37. The molecule has 1 saturated heterocycles. The van der Waals surface area contributed by atoms with Crippen molar-refractivity contribution < 1.29 is 9.00 Å². The number of nitrogens with one attached hydrogen (secondary N) is 1. The summed E-state index contributed by atoms with van der Waals surface area (Å²) in [6.45, 7) is 2.51. The van der Waals surface area contributed by atoms with Gasteiger partial charge in [0.05, 0.1) is 0 Å². The summed E-state index contributed by atoms with van der Waals surface area (Å²) in [5.74, 6) is 0.785. The SMILES string of the molecule is CN(CCc1ccc(S(C)=O)cc1)C1CCN(C(=O)c2ccc(-c3ncn[nH]3)cc2)CC1. The van der Waals surface area contributed by atoms with Gasteiger partial charge in [0, 0.05) is 58.8 Å². The lowest BCUT2D eigenvalue weighted by atomic mass is 10.0. The first-order chi connectivity index (χ1) is 15.5. The largest absolute Gasteiger partial charge is 0.339 e. The highest BCUT2D eigenvalue weighted by molar-refractivity contribution is 7.84. The summed E-state index contributed by atoms with van der Waals surface area (Å²) in [6, 6.07) is 16.0. The Labute approximate surface area is 191 Å². The quantitative estimate of drug-likeness (QED) is 0.597. The number of benzene rings is 2. The molecule has 1 unspecified atom stereocenters. The smallest absolute Gasteiger partial charge is 0.253 e. The van der Waals surface area contributed by atoms with Crippen molar-refractivity contribution in [1.29, 1.82) is 0 Å². The van der Waals surface area contributed by atoms with Gasteiger partial charge in [-0.05, 0) is 56.1 Å². The zero-order chi connectivity index (χ0) is 22.5. The van der Waals surface area contributed by atoms with Gasteiger partial charge in [-0.2, -0.15) is 5.10 Å². The molecule has 8 heteroatoms. The van der Waals surface area contributed by atoms with E-state index in [1.54, 1.807) is 6.26 Å². The van der Waals surface area contributed by atoms with Gasteiger partial charge >= 0.3 is 0 Å². The molecule has 3 aromatic rings. The molecule has 1 atom stereocenters. The van der Waals surface area contributed by atoms with Crippen LogP contribution in [0.3, 0.4) is 0 Å². The predicted octanol–water partition coefficient (Wildman–Crippen LogP) is 2.99. The first kappa shape index (κ1) is 22.4. The van der Waals surface area contributed by atoms with E-state index in [-0.39, 0.29) is 5.91 Å². The summed E-state index contributed by atoms with van der Waals surface area (Å²) in [7, 11) is 1.23. The minimum absolute atomic E-state index is 0.0867. The summed E-state index contributed by atoms with van der Waals surface area (Å²) < 4.78 is 11.5. The van der Waals surface area contributed by atoms with Crippen LogP contribution in [0.4, 0.5) is 0 Å². The van der Waals surface area contributed by atoms with Crippen LogP contribution >= 0.6 is 0 Å². The number of rotatable bonds is 7. The number of likely N-dealkylation sites (N-methyl/N-ethyl adjacent to an activating group) is 1. The first-order valence-corrected chi connectivity index (χ1v) is 12.4. The number of H-pyrrole nitrogens is 1. The molecule has 1 amide bonds. The van der Waals surface area contributed by atoms with Crippen molar-refractivity contribution in [2.75, 3.05) is 32.9 Å². The third-order valence-electron chi connectivity index (χ3n) is 6.20. The Morgan fingerprint density at radius 3 is 2.41 bits per heavy atom. The van der Waals surface area contributed by atoms with Gasteiger partial charge in [-0.1, -0.05) is 24.3 Å². The van der Waals surface area contributed by atoms with Gasteiger partial charge in [-0.3, -0.25) is 14.1 Å². The number of aromatic nitrogens is 3. The molecule has 1 aromatic heterocycles. The summed E-state index contributed by atoms with van der Waals surface area (Å²) in [5.41, 5.74) is 2.88. The van der Waals surface area contributed by atoms with E-state index in [1.165, 1.54) is 11.9 Å². The fraction of sp³-hybridized carbons (Fsp3) is 0.375. The van der Waals surface area contributed by atoms with Gasteiger partial charge in [0.2, 0.25) is 0 Å². The second-order valence-corrected chi connectivity index (χ2v) is 9.64. The average Bonchev–Trinajstić information content (AvgIpc) is 3.37. The van der Waals surface area contributed by atoms with Crippen molar-refractivity contribution in [2.24, 2.45) is 0 Å². The molecule has 0 saturated carbocycles. The molecule has 0 bridgehead atoms. The third kappa shape index (κ3) is 5.31. The van der Waals surface area contributed by atoms with Crippen LogP contribution in [0.5, 0.6) is 0 Å². The Kier molecular flexibility index (Phi) is 7.12. The molecule has 2 heterocycles. The zero-order valence-corrected chi connectivity index (χ0v) is 19.3. The summed E-state index contributed by atoms with van der Waals surface area (Å²) in [6.07, 6.45) is 6.09. The number of likely N-dealkylation sites (tertiary alicyclic amines) is 1. The van der Waals surface area contributed by atoms with Crippen molar-refractivity contribution in [3.8, 4) is 11.4 Å². The molecule has 0 aliphatic carbocycles. The number of carbonyl (C=O) groups is 1. The van der Waals surface area contributed by atoms with Crippen LogP contribution in [0, 0.1) is 0 Å². The van der Waals surface area contributed by atoms with Crippen LogP contribution in [0.15, 0.2) is 59.8 Å². The van der Waals surface area contributed by atoms with E-state index >= 15 is 0 Å². The number of aromatic amines is 1. The molecule has 7 nitrogen and oxygen atoms in total. The molecular formula is C24H29N5O2S. The molecule has 168 valence electrons. The minimum Gasteiger partial charge on any atom is -0.339 e. The maximum Gasteiger partial charge on any atom is 0.253 e.